The smallest absolute Gasteiger partial charge is 0.173 e. The topological polar surface area (TPSA) is 57.5 Å². The first-order valence-electron chi connectivity index (χ1n) is 6.16. The molecule has 0 radical (unpaired) electrons. The molecule has 1 atom stereocenters. The van der Waals surface area contributed by atoms with Crippen LogP contribution in [-0.4, -0.2) is 16.0 Å². The third-order valence-corrected chi connectivity index (χ3v) is 3.04. The first kappa shape index (κ1) is 13.6. The van der Waals surface area contributed by atoms with Gasteiger partial charge in [0.2, 0.25) is 0 Å². The largest absolute Gasteiger partial charge is 0.507 e. The van der Waals surface area contributed by atoms with Gasteiger partial charge in [0, 0.05) is 5.92 Å². The third kappa shape index (κ3) is 3.22. The molecule has 0 amide bonds. The van der Waals surface area contributed by atoms with Gasteiger partial charge in [-0.25, -0.2) is 0 Å². The summed E-state index contributed by atoms with van der Waals surface area (Å²) in [6.07, 6.45) is 3.56. The van der Waals surface area contributed by atoms with Gasteiger partial charge in [-0.2, -0.15) is 0 Å². The van der Waals surface area contributed by atoms with E-state index in [1.165, 1.54) is 18.2 Å². The van der Waals surface area contributed by atoms with Crippen molar-refractivity contribution < 1.29 is 15.0 Å². The minimum atomic E-state index is -0.156. The van der Waals surface area contributed by atoms with Crippen molar-refractivity contribution >= 4 is 5.78 Å². The summed E-state index contributed by atoms with van der Waals surface area (Å²) in [5, 5.41) is 19.3. The van der Waals surface area contributed by atoms with Gasteiger partial charge in [-0.3, -0.25) is 4.79 Å². The van der Waals surface area contributed by atoms with Crippen LogP contribution in [-0.2, 0) is 0 Å². The number of Topliss-reactive ketones (excluding diaryl/α,β-unsaturated/α-hetero) is 1. The molecule has 1 rings (SSSR count). The molecule has 1 unspecified atom stereocenters. The highest BCUT2D eigenvalue weighted by Gasteiger charge is 2.23. The molecule has 0 spiro atoms. The van der Waals surface area contributed by atoms with E-state index >= 15 is 0 Å². The van der Waals surface area contributed by atoms with Gasteiger partial charge in [-0.05, 0) is 25.0 Å². The van der Waals surface area contributed by atoms with E-state index in [4.69, 9.17) is 0 Å². The number of hydrogen-bond acceptors (Lipinski definition) is 3. The number of hydrogen-bond donors (Lipinski definition) is 2. The molecule has 0 heterocycles. The number of carbonyl (C=O) groups excluding carboxylic acids is 1. The van der Waals surface area contributed by atoms with Crippen molar-refractivity contribution in [2.45, 2.75) is 39.5 Å². The van der Waals surface area contributed by atoms with Gasteiger partial charge in [-0.15, -0.1) is 0 Å². The van der Waals surface area contributed by atoms with Crippen molar-refractivity contribution in [3.05, 3.63) is 23.8 Å². The lowest BCUT2D eigenvalue weighted by Gasteiger charge is -2.14. The van der Waals surface area contributed by atoms with Crippen molar-refractivity contribution in [2.75, 3.05) is 0 Å². The van der Waals surface area contributed by atoms with E-state index in [1.807, 2.05) is 6.92 Å². The summed E-state index contributed by atoms with van der Waals surface area (Å²) in [7, 11) is 0. The van der Waals surface area contributed by atoms with Crippen LogP contribution in [0, 0.1) is 5.92 Å². The van der Waals surface area contributed by atoms with Crippen LogP contribution in [0.25, 0.3) is 0 Å². The number of benzene rings is 1. The zero-order valence-corrected chi connectivity index (χ0v) is 10.4. The van der Waals surface area contributed by atoms with Crippen LogP contribution in [0.3, 0.4) is 0 Å². The monoisotopic (exact) mass is 236 g/mol. The predicted octanol–water partition coefficient (Wildman–Crippen LogP) is 3.50. The molecule has 0 aromatic heterocycles. The maximum absolute atomic E-state index is 12.2. The van der Waals surface area contributed by atoms with Crippen LogP contribution in [0.5, 0.6) is 11.5 Å². The van der Waals surface area contributed by atoms with Crippen LogP contribution in [0.1, 0.15) is 49.9 Å². The fourth-order valence-electron chi connectivity index (χ4n) is 1.96. The highest BCUT2D eigenvalue weighted by atomic mass is 16.3. The normalized spacial score (nSPS) is 12.4. The Morgan fingerprint density at radius 2 is 1.82 bits per heavy atom. The van der Waals surface area contributed by atoms with Gasteiger partial charge in [0.1, 0.15) is 17.1 Å². The third-order valence-electron chi connectivity index (χ3n) is 3.04. The van der Waals surface area contributed by atoms with Crippen LogP contribution in [0.4, 0.5) is 0 Å². The molecule has 3 nitrogen and oxygen atoms in total. The summed E-state index contributed by atoms with van der Waals surface area (Å²) >= 11 is 0. The van der Waals surface area contributed by atoms with Crippen molar-refractivity contribution in [2.24, 2.45) is 5.92 Å². The molecule has 1 aromatic rings. The lowest BCUT2D eigenvalue weighted by Crippen LogP contribution is -2.14. The fraction of sp³-hybridized carbons (Fsp3) is 0.500. The van der Waals surface area contributed by atoms with E-state index in [2.05, 4.69) is 6.92 Å². The van der Waals surface area contributed by atoms with Gasteiger partial charge >= 0.3 is 0 Å². The summed E-state index contributed by atoms with van der Waals surface area (Å²) < 4.78 is 0. The minimum absolute atomic E-state index is 0.0652. The summed E-state index contributed by atoms with van der Waals surface area (Å²) in [6.45, 7) is 4.03. The van der Waals surface area contributed by atoms with E-state index < -0.39 is 0 Å². The fourth-order valence-corrected chi connectivity index (χ4v) is 1.96. The van der Waals surface area contributed by atoms with Crippen molar-refractivity contribution in [1.82, 2.24) is 0 Å². The maximum atomic E-state index is 12.2. The second-order valence-electron chi connectivity index (χ2n) is 4.28. The van der Waals surface area contributed by atoms with Crippen LogP contribution in [0.15, 0.2) is 18.2 Å². The summed E-state index contributed by atoms with van der Waals surface area (Å²) in [5.41, 5.74) is 0.0652. The number of rotatable bonds is 6. The highest BCUT2D eigenvalue weighted by Crippen LogP contribution is 2.31. The Labute approximate surface area is 102 Å². The molecule has 1 aromatic carbocycles. The Morgan fingerprint density at radius 1 is 1.24 bits per heavy atom. The molecule has 0 aliphatic rings. The summed E-state index contributed by atoms with van der Waals surface area (Å²) in [4.78, 5) is 12.2. The quantitative estimate of drug-likeness (QED) is 0.743. The minimum Gasteiger partial charge on any atom is -0.507 e. The van der Waals surface area contributed by atoms with Gasteiger partial charge in [0.25, 0.3) is 0 Å². The molecule has 0 bridgehead atoms. The van der Waals surface area contributed by atoms with E-state index in [9.17, 15) is 15.0 Å². The van der Waals surface area contributed by atoms with Crippen LogP contribution < -0.4 is 0 Å². The maximum Gasteiger partial charge on any atom is 0.173 e. The van der Waals surface area contributed by atoms with Gasteiger partial charge < -0.3 is 10.2 Å². The molecule has 0 aliphatic heterocycles. The molecule has 0 aliphatic carbocycles. The molecule has 0 saturated carbocycles. The zero-order chi connectivity index (χ0) is 12.8. The average Bonchev–Trinajstić information content (AvgIpc) is 2.30. The van der Waals surface area contributed by atoms with E-state index in [-0.39, 0.29) is 28.8 Å². The molecule has 0 saturated heterocycles. The van der Waals surface area contributed by atoms with Crippen molar-refractivity contribution in [3.63, 3.8) is 0 Å². The molecular formula is C14H20O3. The van der Waals surface area contributed by atoms with E-state index in [0.717, 1.165) is 25.7 Å². The second-order valence-corrected chi connectivity index (χ2v) is 4.28. The number of unbranched alkanes of at least 4 members (excludes halogenated alkanes) is 1. The predicted molar refractivity (Wildman–Crippen MR) is 67.4 cm³/mol. The molecule has 2 N–H and O–H groups in total. The molecule has 17 heavy (non-hydrogen) atoms. The number of ketones is 1. The van der Waals surface area contributed by atoms with Crippen LogP contribution in [0.2, 0.25) is 0 Å². The summed E-state index contributed by atoms with van der Waals surface area (Å²) in [6, 6.07) is 4.38. The Bertz CT molecular complexity index is 365. The number of carbonyl (C=O) groups is 1. The summed E-state index contributed by atoms with van der Waals surface area (Å²) in [5.74, 6) is -0.541. The molecule has 3 heteroatoms. The van der Waals surface area contributed by atoms with Crippen LogP contribution >= 0.6 is 0 Å². The first-order chi connectivity index (χ1) is 8.11. The van der Waals surface area contributed by atoms with Gasteiger partial charge in [0.05, 0.1) is 0 Å². The average molecular weight is 236 g/mol. The number of phenols is 2. The van der Waals surface area contributed by atoms with E-state index in [1.54, 1.807) is 0 Å². The first-order valence-corrected chi connectivity index (χ1v) is 6.16. The lowest BCUT2D eigenvalue weighted by atomic mass is 9.90. The standard InChI is InChI=1S/C14H20O3/c1-3-5-7-10(4-2)14(17)13-11(15)8-6-9-12(13)16/h6,8-10,15-16H,3-5,7H2,1-2H3. The van der Waals surface area contributed by atoms with Crippen molar-refractivity contribution in [1.29, 1.82) is 0 Å². The molecule has 94 valence electrons. The Balaban J connectivity index is 2.93. The second kappa shape index (κ2) is 6.28. The zero-order valence-electron chi connectivity index (χ0n) is 10.4. The molecule has 0 fully saturated rings. The Hall–Kier alpha value is -1.51. The SMILES string of the molecule is CCCCC(CC)C(=O)c1c(O)cccc1O. The number of phenolic OH excluding ortho intramolecular Hbond substituents is 2. The molecular weight excluding hydrogens is 216 g/mol. The highest BCUT2D eigenvalue weighted by molar-refractivity contribution is 6.02. The Kier molecular flexibility index (Phi) is 5.01. The lowest BCUT2D eigenvalue weighted by molar-refractivity contribution is 0.0902. The number of aromatic hydroxyl groups is 2. The van der Waals surface area contributed by atoms with Gasteiger partial charge in [-0.1, -0.05) is 32.8 Å². The van der Waals surface area contributed by atoms with Crippen molar-refractivity contribution in [3.8, 4) is 11.5 Å². The van der Waals surface area contributed by atoms with Gasteiger partial charge in [0.15, 0.2) is 5.78 Å². The van der Waals surface area contributed by atoms with E-state index in [0.29, 0.717) is 0 Å². The Morgan fingerprint density at radius 3 is 2.29 bits per heavy atom.